The van der Waals surface area contributed by atoms with Gasteiger partial charge in [0.25, 0.3) is 0 Å². The Morgan fingerprint density at radius 1 is 1.28 bits per heavy atom. The van der Waals surface area contributed by atoms with E-state index in [0.29, 0.717) is 17.1 Å². The molecular weight excluding hydrogens is 425 g/mol. The van der Waals surface area contributed by atoms with E-state index < -0.39 is 21.6 Å². The van der Waals surface area contributed by atoms with Crippen LogP contribution in [-0.2, 0) is 6.42 Å². The molecular formula is C21H29INO2-. The summed E-state index contributed by atoms with van der Waals surface area (Å²) in [5.74, 6) is 2.73. The van der Waals surface area contributed by atoms with Gasteiger partial charge >= 0.3 is 151 Å². The molecule has 2 fully saturated rings. The van der Waals surface area contributed by atoms with Crippen molar-refractivity contribution in [2.24, 2.45) is 17.3 Å². The number of fused-ring (bicyclic) bond motifs is 5. The molecule has 0 bridgehead atoms. The third-order valence-electron chi connectivity index (χ3n) is 7.21. The van der Waals surface area contributed by atoms with Crippen molar-refractivity contribution in [3.8, 4) is 5.75 Å². The molecule has 25 heavy (non-hydrogen) atoms. The normalized spacial score (nSPS) is 35.4. The number of hydrogen-bond donors (Lipinski definition) is 3. The van der Waals surface area contributed by atoms with E-state index in [2.05, 4.69) is 24.4 Å². The molecule has 0 heterocycles. The summed E-state index contributed by atoms with van der Waals surface area (Å²) in [6.45, 7) is 3.42. The first kappa shape index (κ1) is 17.8. The van der Waals surface area contributed by atoms with Gasteiger partial charge in [0, 0.05) is 0 Å². The number of rotatable bonds is 4. The number of benzene rings is 1. The van der Waals surface area contributed by atoms with Crippen molar-refractivity contribution < 1.29 is 30.2 Å². The van der Waals surface area contributed by atoms with Gasteiger partial charge in [0.1, 0.15) is 5.75 Å². The Kier molecular flexibility index (Phi) is 5.13. The molecule has 138 valence electrons. The molecule has 3 nitrogen and oxygen atoms in total. The van der Waals surface area contributed by atoms with E-state index in [1.165, 1.54) is 43.2 Å². The average molecular weight is 454 g/mol. The van der Waals surface area contributed by atoms with Crippen molar-refractivity contribution >= 4 is 0 Å². The maximum atomic E-state index is 9.80. The SMILES string of the molecule is CC12CCC3c4ccc(O)cc4CCC3C1CC/C2=C\CNC[I-]O. The quantitative estimate of drug-likeness (QED) is 0.207. The molecule has 0 radical (unpaired) electrons. The molecule has 4 rings (SSSR count). The second-order valence-corrected chi connectivity index (χ2v) is 9.68. The van der Waals surface area contributed by atoms with Crippen LogP contribution in [0.4, 0.5) is 0 Å². The van der Waals surface area contributed by atoms with Crippen LogP contribution < -0.4 is 26.9 Å². The molecule has 4 atom stereocenters. The van der Waals surface area contributed by atoms with Crippen molar-refractivity contribution in [3.63, 3.8) is 0 Å². The van der Waals surface area contributed by atoms with E-state index in [0.717, 1.165) is 29.4 Å². The number of hydrogen-bond acceptors (Lipinski definition) is 3. The first-order valence-corrected chi connectivity index (χ1v) is 12.1. The summed E-state index contributed by atoms with van der Waals surface area (Å²) in [5, 5.41) is 13.2. The summed E-state index contributed by atoms with van der Waals surface area (Å²) in [6, 6.07) is 6.07. The predicted octanol–water partition coefficient (Wildman–Crippen LogP) is 0.718. The van der Waals surface area contributed by atoms with E-state index in [4.69, 9.17) is 3.44 Å². The zero-order valence-corrected chi connectivity index (χ0v) is 17.1. The minimum absolute atomic E-state index is 0.380. The van der Waals surface area contributed by atoms with E-state index in [1.54, 1.807) is 5.57 Å². The first-order chi connectivity index (χ1) is 12.1. The number of aromatic hydroxyl groups is 1. The van der Waals surface area contributed by atoms with Crippen LogP contribution in [0.1, 0.15) is 56.1 Å². The Morgan fingerprint density at radius 3 is 3.00 bits per heavy atom. The molecule has 3 aliphatic rings. The van der Waals surface area contributed by atoms with Crippen LogP contribution in [-0.4, -0.2) is 19.6 Å². The Balaban J connectivity index is 1.55. The van der Waals surface area contributed by atoms with Crippen LogP contribution in [0.25, 0.3) is 0 Å². The van der Waals surface area contributed by atoms with Gasteiger partial charge in [-0.2, -0.15) is 0 Å². The number of phenols is 1. The van der Waals surface area contributed by atoms with Crippen molar-refractivity contribution in [2.45, 2.75) is 51.4 Å². The van der Waals surface area contributed by atoms with Gasteiger partial charge < -0.3 is 5.11 Å². The Morgan fingerprint density at radius 2 is 2.16 bits per heavy atom. The second-order valence-electron chi connectivity index (χ2n) is 8.23. The molecule has 0 spiro atoms. The Hall–Kier alpha value is -0.590. The summed E-state index contributed by atoms with van der Waals surface area (Å²) < 4.78 is 9.82. The van der Waals surface area contributed by atoms with Crippen molar-refractivity contribution in [3.05, 3.63) is 41.0 Å². The fourth-order valence-corrected chi connectivity index (χ4v) is 6.60. The number of phenolic OH excluding ortho intramolecular Hbond substituents is 1. The van der Waals surface area contributed by atoms with Crippen LogP contribution >= 0.6 is 0 Å². The summed E-state index contributed by atoms with van der Waals surface area (Å²) in [5.41, 5.74) is 4.94. The van der Waals surface area contributed by atoms with Gasteiger partial charge in [-0.1, -0.05) is 0 Å². The topological polar surface area (TPSA) is 52.5 Å². The standard InChI is InChI=1S/C21H29INO2/c1-21-10-8-18-17-6-4-16(24)12-14(17)2-5-19(18)20(21)7-3-15(21)9-11-23-13-22-25/h4,6,9,12,18-20,23-25H,2-3,5,7-8,10-11,13H2,1H3/q-1/b15-9+. The van der Waals surface area contributed by atoms with Gasteiger partial charge in [-0.25, -0.2) is 0 Å². The fourth-order valence-electron chi connectivity index (χ4n) is 6.04. The van der Waals surface area contributed by atoms with Crippen LogP contribution in [0.15, 0.2) is 29.8 Å². The number of nitrogens with one attached hydrogen (secondary N) is 1. The molecule has 4 unspecified atom stereocenters. The molecule has 4 heteroatoms. The first-order valence-electron chi connectivity index (χ1n) is 9.58. The van der Waals surface area contributed by atoms with Crippen molar-refractivity contribution in [2.75, 3.05) is 11.1 Å². The number of allylic oxidation sites excluding steroid dienone is 1. The van der Waals surface area contributed by atoms with Crippen LogP contribution in [0, 0.1) is 17.3 Å². The van der Waals surface area contributed by atoms with Crippen molar-refractivity contribution in [1.29, 1.82) is 0 Å². The Labute approximate surface area is 161 Å². The van der Waals surface area contributed by atoms with E-state index in [-0.39, 0.29) is 0 Å². The zero-order valence-electron chi connectivity index (χ0n) is 15.0. The molecule has 3 aliphatic carbocycles. The molecule has 0 aromatic heterocycles. The molecule has 2 saturated carbocycles. The zero-order chi connectivity index (χ0) is 17.4. The summed E-state index contributed by atoms with van der Waals surface area (Å²) >= 11 is -0.644. The van der Waals surface area contributed by atoms with Crippen LogP contribution in [0.3, 0.4) is 0 Å². The average Bonchev–Trinajstić information content (AvgIpc) is 2.95. The van der Waals surface area contributed by atoms with Crippen LogP contribution in [0.2, 0.25) is 0 Å². The maximum absolute atomic E-state index is 9.80. The van der Waals surface area contributed by atoms with Gasteiger partial charge in [0.05, 0.1) is 0 Å². The van der Waals surface area contributed by atoms with E-state index in [1.807, 2.05) is 12.1 Å². The fraction of sp³-hybridized carbons (Fsp3) is 0.619. The third-order valence-corrected chi connectivity index (χ3v) is 8.09. The number of alkyl halides is 1. The summed E-state index contributed by atoms with van der Waals surface area (Å²) in [6.07, 6.45) is 9.99. The molecule has 0 saturated heterocycles. The van der Waals surface area contributed by atoms with Gasteiger partial charge in [-0.15, -0.1) is 0 Å². The number of halogens is 1. The minimum atomic E-state index is -0.644. The monoisotopic (exact) mass is 454 g/mol. The van der Waals surface area contributed by atoms with E-state index in [9.17, 15) is 5.11 Å². The Bertz CT molecular complexity index is 674. The predicted molar refractivity (Wildman–Crippen MR) is 95.9 cm³/mol. The molecule has 0 aliphatic heterocycles. The second kappa shape index (κ2) is 7.20. The van der Waals surface area contributed by atoms with Gasteiger partial charge in [-0.05, 0) is 0 Å². The summed E-state index contributed by atoms with van der Waals surface area (Å²) in [7, 11) is 0. The van der Waals surface area contributed by atoms with Gasteiger partial charge in [0.2, 0.25) is 0 Å². The molecule has 1 aromatic carbocycles. The van der Waals surface area contributed by atoms with Gasteiger partial charge in [-0.3, -0.25) is 0 Å². The molecule has 1 aromatic rings. The van der Waals surface area contributed by atoms with Gasteiger partial charge in [0.15, 0.2) is 0 Å². The van der Waals surface area contributed by atoms with Crippen LogP contribution in [0.5, 0.6) is 5.75 Å². The molecule has 3 N–H and O–H groups in total. The number of aryl methyl sites for hydroxylation is 1. The van der Waals surface area contributed by atoms with E-state index >= 15 is 0 Å². The summed E-state index contributed by atoms with van der Waals surface area (Å²) in [4.78, 5) is 0. The van der Waals surface area contributed by atoms with Crippen molar-refractivity contribution in [1.82, 2.24) is 5.32 Å². The molecule has 0 amide bonds. The third kappa shape index (κ3) is 3.15.